The maximum atomic E-state index is 12.3. The average Bonchev–Trinajstić information content (AvgIpc) is 2.70. The van der Waals surface area contributed by atoms with Gasteiger partial charge in [0, 0.05) is 26.8 Å². The summed E-state index contributed by atoms with van der Waals surface area (Å²) in [7, 11) is 1.28. The molecule has 1 rings (SSSR count). The first-order valence-corrected chi connectivity index (χ1v) is 10.5. The van der Waals surface area contributed by atoms with Gasteiger partial charge in [0.2, 0.25) is 0 Å². The van der Waals surface area contributed by atoms with Crippen molar-refractivity contribution < 1.29 is 38.1 Å². The second kappa shape index (κ2) is 13.5. The fraction of sp³-hybridized carbons (Fsp3) is 0.565. The van der Waals surface area contributed by atoms with E-state index in [1.54, 1.807) is 13.0 Å². The highest BCUT2D eigenvalue weighted by molar-refractivity contribution is 5.76. The molecule has 1 aromatic carbocycles. The third-order valence-electron chi connectivity index (χ3n) is 4.35. The molecule has 2 atom stereocenters. The van der Waals surface area contributed by atoms with Crippen molar-refractivity contribution in [1.29, 1.82) is 0 Å². The molecule has 0 radical (unpaired) electrons. The molecule has 0 aliphatic heterocycles. The van der Waals surface area contributed by atoms with E-state index in [-0.39, 0.29) is 30.4 Å². The standard InChI is InChI=1S/C23H33NO8/c1-14(2)7-10-22(27)30-15(3)13-24-19(23(28)29-6)11-18-8-9-20(31-16(4)25)21(12-18)32-17(5)26/h8-9,12,14-15,19,24H,7,10-11,13H2,1-6H3/t15?,19-/m0/s1. The van der Waals surface area contributed by atoms with Gasteiger partial charge in [0.1, 0.15) is 12.1 Å². The van der Waals surface area contributed by atoms with Crippen molar-refractivity contribution in [2.45, 2.75) is 66.0 Å². The third kappa shape index (κ3) is 10.4. The Morgan fingerprint density at radius 3 is 2.16 bits per heavy atom. The van der Waals surface area contributed by atoms with E-state index in [0.29, 0.717) is 17.9 Å². The largest absolute Gasteiger partial charge is 0.468 e. The maximum Gasteiger partial charge on any atom is 0.323 e. The molecule has 32 heavy (non-hydrogen) atoms. The van der Waals surface area contributed by atoms with Crippen molar-refractivity contribution >= 4 is 23.9 Å². The molecule has 0 saturated carbocycles. The first-order chi connectivity index (χ1) is 15.0. The lowest BCUT2D eigenvalue weighted by Gasteiger charge is -2.20. The van der Waals surface area contributed by atoms with Gasteiger partial charge in [-0.25, -0.2) is 0 Å². The van der Waals surface area contributed by atoms with Gasteiger partial charge in [0.05, 0.1) is 7.11 Å². The number of methoxy groups -OCH3 is 1. The number of ether oxygens (including phenoxy) is 4. The smallest absolute Gasteiger partial charge is 0.323 e. The summed E-state index contributed by atoms with van der Waals surface area (Å²) in [6, 6.07) is 3.93. The van der Waals surface area contributed by atoms with E-state index in [2.05, 4.69) is 5.32 Å². The van der Waals surface area contributed by atoms with E-state index in [9.17, 15) is 19.2 Å². The summed E-state index contributed by atoms with van der Waals surface area (Å²) in [5, 5.41) is 3.05. The number of carbonyl (C=O) groups excluding carboxylic acids is 4. The highest BCUT2D eigenvalue weighted by Gasteiger charge is 2.22. The van der Waals surface area contributed by atoms with Gasteiger partial charge in [-0.05, 0) is 43.4 Å². The molecule has 9 heteroatoms. The molecule has 178 valence electrons. The number of hydrogen-bond acceptors (Lipinski definition) is 9. The second-order valence-electron chi connectivity index (χ2n) is 7.89. The lowest BCUT2D eigenvalue weighted by molar-refractivity contribution is -0.148. The van der Waals surface area contributed by atoms with Crippen LogP contribution in [0, 0.1) is 5.92 Å². The van der Waals surface area contributed by atoms with Crippen LogP contribution in [-0.2, 0) is 35.1 Å². The van der Waals surface area contributed by atoms with Crippen molar-refractivity contribution in [2.24, 2.45) is 5.92 Å². The Morgan fingerprint density at radius 2 is 1.59 bits per heavy atom. The Morgan fingerprint density at radius 1 is 0.969 bits per heavy atom. The molecule has 9 nitrogen and oxygen atoms in total. The summed E-state index contributed by atoms with van der Waals surface area (Å²) in [6.07, 6.45) is 0.855. The molecule has 0 spiro atoms. The second-order valence-corrected chi connectivity index (χ2v) is 7.89. The van der Waals surface area contributed by atoms with Crippen molar-refractivity contribution in [1.82, 2.24) is 5.32 Å². The normalized spacial score (nSPS) is 12.6. The van der Waals surface area contributed by atoms with E-state index < -0.39 is 30.1 Å². The van der Waals surface area contributed by atoms with Crippen LogP contribution >= 0.6 is 0 Å². The van der Waals surface area contributed by atoms with Gasteiger partial charge in [0.25, 0.3) is 0 Å². The van der Waals surface area contributed by atoms with Crippen LogP contribution in [0.25, 0.3) is 0 Å². The van der Waals surface area contributed by atoms with Crippen LogP contribution in [0.3, 0.4) is 0 Å². The van der Waals surface area contributed by atoms with Crippen LogP contribution in [0.5, 0.6) is 11.5 Å². The van der Waals surface area contributed by atoms with E-state index >= 15 is 0 Å². The van der Waals surface area contributed by atoms with Crippen molar-refractivity contribution in [3.63, 3.8) is 0 Å². The minimum absolute atomic E-state index is 0.0706. The Balaban J connectivity index is 2.84. The molecule has 0 aliphatic carbocycles. The molecule has 1 N–H and O–H groups in total. The molecule has 0 heterocycles. The van der Waals surface area contributed by atoms with Gasteiger partial charge in [-0.1, -0.05) is 19.9 Å². The molecular weight excluding hydrogens is 418 g/mol. The highest BCUT2D eigenvalue weighted by atomic mass is 16.6. The van der Waals surface area contributed by atoms with Gasteiger partial charge < -0.3 is 24.3 Å². The van der Waals surface area contributed by atoms with Crippen molar-refractivity contribution in [3.05, 3.63) is 23.8 Å². The molecule has 0 amide bonds. The number of esters is 4. The first-order valence-electron chi connectivity index (χ1n) is 10.5. The maximum absolute atomic E-state index is 12.3. The molecular formula is C23H33NO8. The number of nitrogens with one attached hydrogen (secondary N) is 1. The van der Waals surface area contributed by atoms with Crippen LogP contribution in [-0.4, -0.2) is 49.7 Å². The average molecular weight is 452 g/mol. The van der Waals surface area contributed by atoms with Gasteiger partial charge >= 0.3 is 23.9 Å². The SMILES string of the molecule is COC(=O)[C@H](Cc1ccc(OC(C)=O)c(OC(C)=O)c1)NCC(C)OC(=O)CCC(C)C. The Labute approximate surface area is 188 Å². The van der Waals surface area contributed by atoms with E-state index in [1.165, 1.54) is 33.1 Å². The molecule has 0 aliphatic rings. The molecule has 0 bridgehead atoms. The summed E-state index contributed by atoms with van der Waals surface area (Å²) in [4.78, 5) is 46.8. The topological polar surface area (TPSA) is 117 Å². The Bertz CT molecular complexity index is 805. The van der Waals surface area contributed by atoms with Crippen molar-refractivity contribution in [3.8, 4) is 11.5 Å². The van der Waals surface area contributed by atoms with Crippen LogP contribution in [0.15, 0.2) is 18.2 Å². The summed E-state index contributed by atoms with van der Waals surface area (Å²) < 4.78 is 20.4. The summed E-state index contributed by atoms with van der Waals surface area (Å²) in [5.41, 5.74) is 0.640. The van der Waals surface area contributed by atoms with Crippen LogP contribution < -0.4 is 14.8 Å². The zero-order valence-electron chi connectivity index (χ0n) is 19.6. The van der Waals surface area contributed by atoms with E-state index in [4.69, 9.17) is 18.9 Å². The minimum atomic E-state index is -0.735. The quantitative estimate of drug-likeness (QED) is 0.378. The zero-order valence-corrected chi connectivity index (χ0v) is 19.6. The summed E-state index contributed by atoms with van der Waals surface area (Å²) >= 11 is 0. The monoisotopic (exact) mass is 451 g/mol. The van der Waals surface area contributed by atoms with E-state index in [1.807, 2.05) is 13.8 Å². The summed E-state index contributed by atoms with van der Waals surface area (Å²) in [6.45, 7) is 8.51. The minimum Gasteiger partial charge on any atom is -0.468 e. The van der Waals surface area contributed by atoms with Crippen LogP contribution in [0.1, 0.15) is 53.0 Å². The fourth-order valence-electron chi connectivity index (χ4n) is 2.81. The Kier molecular flexibility index (Phi) is 11.4. The molecule has 0 saturated heterocycles. The third-order valence-corrected chi connectivity index (χ3v) is 4.35. The number of carbonyl (C=O) groups is 4. The summed E-state index contributed by atoms with van der Waals surface area (Å²) in [5.74, 6) is -1.34. The van der Waals surface area contributed by atoms with Gasteiger partial charge in [-0.2, -0.15) is 0 Å². The predicted octanol–water partition coefficient (Wildman–Crippen LogP) is 2.58. The van der Waals surface area contributed by atoms with Crippen LogP contribution in [0.4, 0.5) is 0 Å². The molecule has 0 aromatic heterocycles. The number of rotatable bonds is 12. The zero-order chi connectivity index (χ0) is 24.3. The number of benzene rings is 1. The van der Waals surface area contributed by atoms with Crippen LogP contribution in [0.2, 0.25) is 0 Å². The first kappa shape index (κ1) is 27.1. The fourth-order valence-corrected chi connectivity index (χ4v) is 2.81. The highest BCUT2D eigenvalue weighted by Crippen LogP contribution is 2.29. The van der Waals surface area contributed by atoms with Gasteiger partial charge in [-0.3, -0.25) is 19.2 Å². The van der Waals surface area contributed by atoms with Gasteiger partial charge in [0.15, 0.2) is 11.5 Å². The molecule has 1 unspecified atom stereocenters. The predicted molar refractivity (Wildman–Crippen MR) is 116 cm³/mol. The molecule has 0 fully saturated rings. The Hall–Kier alpha value is -2.94. The van der Waals surface area contributed by atoms with Gasteiger partial charge in [-0.15, -0.1) is 0 Å². The lowest BCUT2D eigenvalue weighted by atomic mass is 10.0. The van der Waals surface area contributed by atoms with E-state index in [0.717, 1.165) is 6.42 Å². The lowest BCUT2D eigenvalue weighted by Crippen LogP contribution is -2.43. The number of hydrogen-bond donors (Lipinski definition) is 1. The molecule has 1 aromatic rings. The van der Waals surface area contributed by atoms with Crippen molar-refractivity contribution in [2.75, 3.05) is 13.7 Å².